The minimum atomic E-state index is -0.151. The van der Waals surface area contributed by atoms with Crippen molar-refractivity contribution in [3.05, 3.63) is 46.5 Å². The van der Waals surface area contributed by atoms with Crippen LogP contribution in [0, 0.1) is 0 Å². The molecule has 0 fully saturated rings. The maximum atomic E-state index is 12.0. The highest BCUT2D eigenvalue weighted by Crippen LogP contribution is 2.29. The van der Waals surface area contributed by atoms with Crippen molar-refractivity contribution in [2.75, 3.05) is 12.4 Å². The van der Waals surface area contributed by atoms with E-state index in [-0.39, 0.29) is 5.91 Å². The van der Waals surface area contributed by atoms with Crippen molar-refractivity contribution >= 4 is 28.5 Å². The summed E-state index contributed by atoms with van der Waals surface area (Å²) >= 11 is 1.60. The van der Waals surface area contributed by atoms with Gasteiger partial charge >= 0.3 is 0 Å². The molecule has 1 N–H and O–H groups in total. The van der Waals surface area contributed by atoms with Crippen molar-refractivity contribution in [2.24, 2.45) is 0 Å². The molecule has 1 aromatic heterocycles. The number of hydrogen-bond acceptors (Lipinski definition) is 4. The molecule has 0 saturated heterocycles. The Morgan fingerprint density at radius 2 is 2.05 bits per heavy atom. The van der Waals surface area contributed by atoms with Gasteiger partial charge in [-0.05, 0) is 49.5 Å². The first kappa shape index (κ1) is 14.8. The van der Waals surface area contributed by atoms with E-state index in [0.717, 1.165) is 29.8 Å². The molecular formula is C17H18N2O2S. The van der Waals surface area contributed by atoms with Crippen molar-refractivity contribution < 1.29 is 9.53 Å². The molecule has 0 aliphatic heterocycles. The van der Waals surface area contributed by atoms with Crippen LogP contribution in [0.3, 0.4) is 0 Å². The lowest BCUT2D eigenvalue weighted by atomic mass is 10.0. The Labute approximate surface area is 133 Å². The fraction of sp³-hybridized carbons (Fsp3) is 0.294. The number of hydrogen-bond donors (Lipinski definition) is 1. The standard InChI is InChI=1S/C17H18N2O2S/c1-21-13-9-6-12(7-10-13)8-11-16(20)19-17-18-14-4-2-3-5-15(14)22-17/h6-11H,2-5H2,1H3,(H,18,19,20). The van der Waals surface area contributed by atoms with Crippen LogP contribution in [0.4, 0.5) is 5.13 Å². The maximum absolute atomic E-state index is 12.0. The number of rotatable bonds is 4. The first-order valence-electron chi connectivity index (χ1n) is 7.36. The average molecular weight is 314 g/mol. The van der Waals surface area contributed by atoms with Gasteiger partial charge in [0.05, 0.1) is 12.8 Å². The summed E-state index contributed by atoms with van der Waals surface area (Å²) in [5, 5.41) is 3.55. The lowest BCUT2D eigenvalue weighted by molar-refractivity contribution is -0.111. The molecule has 0 unspecified atom stereocenters. The highest BCUT2D eigenvalue weighted by Gasteiger charge is 2.15. The van der Waals surface area contributed by atoms with E-state index in [1.54, 1.807) is 24.5 Å². The molecule has 3 rings (SSSR count). The fourth-order valence-electron chi connectivity index (χ4n) is 2.44. The third kappa shape index (κ3) is 3.54. The van der Waals surface area contributed by atoms with Crippen LogP contribution >= 0.6 is 11.3 Å². The Morgan fingerprint density at radius 1 is 1.27 bits per heavy atom. The minimum absolute atomic E-state index is 0.151. The number of nitrogens with zero attached hydrogens (tertiary/aromatic N) is 1. The monoisotopic (exact) mass is 314 g/mol. The smallest absolute Gasteiger partial charge is 0.250 e. The van der Waals surface area contributed by atoms with E-state index in [2.05, 4.69) is 10.3 Å². The summed E-state index contributed by atoms with van der Waals surface area (Å²) in [7, 11) is 1.63. The van der Waals surface area contributed by atoms with Gasteiger partial charge < -0.3 is 4.74 Å². The first-order chi connectivity index (χ1) is 10.7. The topological polar surface area (TPSA) is 51.2 Å². The molecule has 1 heterocycles. The quantitative estimate of drug-likeness (QED) is 0.876. The van der Waals surface area contributed by atoms with E-state index in [1.165, 1.54) is 23.8 Å². The molecule has 1 aliphatic carbocycles. The van der Waals surface area contributed by atoms with Gasteiger partial charge in [0.25, 0.3) is 0 Å². The van der Waals surface area contributed by atoms with Crippen LogP contribution in [-0.4, -0.2) is 18.0 Å². The lowest BCUT2D eigenvalue weighted by Crippen LogP contribution is -2.07. The summed E-state index contributed by atoms with van der Waals surface area (Å²) in [6, 6.07) is 7.55. The molecule has 0 atom stereocenters. The van der Waals surface area contributed by atoms with Crippen LogP contribution in [0.2, 0.25) is 0 Å². The van der Waals surface area contributed by atoms with Gasteiger partial charge in [-0.3, -0.25) is 10.1 Å². The predicted molar refractivity (Wildman–Crippen MR) is 89.4 cm³/mol. The zero-order valence-electron chi connectivity index (χ0n) is 12.5. The molecule has 0 bridgehead atoms. The summed E-state index contributed by atoms with van der Waals surface area (Å²) in [4.78, 5) is 17.8. The zero-order chi connectivity index (χ0) is 15.4. The molecule has 1 aliphatic rings. The fourth-order valence-corrected chi connectivity index (χ4v) is 3.49. The van der Waals surface area contributed by atoms with Gasteiger partial charge in [-0.2, -0.15) is 0 Å². The summed E-state index contributed by atoms with van der Waals surface area (Å²) in [5.41, 5.74) is 2.11. The Hall–Kier alpha value is -2.14. The molecule has 0 radical (unpaired) electrons. The summed E-state index contributed by atoms with van der Waals surface area (Å²) in [6.07, 6.45) is 7.85. The van der Waals surface area contributed by atoms with Crippen molar-refractivity contribution in [1.29, 1.82) is 0 Å². The van der Waals surface area contributed by atoms with E-state index < -0.39 is 0 Å². The van der Waals surface area contributed by atoms with Gasteiger partial charge in [0, 0.05) is 11.0 Å². The predicted octanol–water partition coefficient (Wildman–Crippen LogP) is 3.68. The van der Waals surface area contributed by atoms with E-state index in [1.807, 2.05) is 24.3 Å². The van der Waals surface area contributed by atoms with Crippen LogP contribution in [0.15, 0.2) is 30.3 Å². The number of fused-ring (bicyclic) bond motifs is 1. The van der Waals surface area contributed by atoms with Gasteiger partial charge in [-0.15, -0.1) is 11.3 Å². The SMILES string of the molecule is COc1ccc(C=CC(=O)Nc2nc3c(s2)CCCC3)cc1. The van der Waals surface area contributed by atoms with Gasteiger partial charge in [0.15, 0.2) is 5.13 Å². The third-order valence-electron chi connectivity index (χ3n) is 3.62. The molecule has 22 heavy (non-hydrogen) atoms. The molecule has 4 nitrogen and oxygen atoms in total. The number of aromatic nitrogens is 1. The van der Waals surface area contributed by atoms with Gasteiger partial charge in [-0.25, -0.2) is 4.98 Å². The second-order valence-corrected chi connectivity index (χ2v) is 6.28. The average Bonchev–Trinajstić information content (AvgIpc) is 2.95. The second kappa shape index (κ2) is 6.75. The Bertz CT molecular complexity index is 666. The van der Waals surface area contributed by atoms with Crippen molar-refractivity contribution in [1.82, 2.24) is 4.98 Å². The number of methoxy groups -OCH3 is 1. The number of amides is 1. The number of benzene rings is 1. The van der Waals surface area contributed by atoms with E-state index >= 15 is 0 Å². The zero-order valence-corrected chi connectivity index (χ0v) is 13.3. The molecule has 5 heteroatoms. The van der Waals surface area contributed by atoms with Crippen LogP contribution in [-0.2, 0) is 17.6 Å². The second-order valence-electron chi connectivity index (χ2n) is 5.19. The molecule has 0 spiro atoms. The first-order valence-corrected chi connectivity index (χ1v) is 8.18. The maximum Gasteiger partial charge on any atom is 0.250 e. The number of aryl methyl sites for hydroxylation is 2. The van der Waals surface area contributed by atoms with E-state index in [9.17, 15) is 4.79 Å². The number of carbonyl (C=O) groups is 1. The summed E-state index contributed by atoms with van der Waals surface area (Å²) < 4.78 is 5.10. The van der Waals surface area contributed by atoms with Crippen molar-refractivity contribution in [3.8, 4) is 5.75 Å². The highest BCUT2D eigenvalue weighted by atomic mass is 32.1. The number of anilines is 1. The van der Waals surface area contributed by atoms with Gasteiger partial charge in [0.1, 0.15) is 5.75 Å². The molecule has 0 saturated carbocycles. The van der Waals surface area contributed by atoms with Crippen LogP contribution in [0.25, 0.3) is 6.08 Å². The van der Waals surface area contributed by atoms with Crippen molar-refractivity contribution in [2.45, 2.75) is 25.7 Å². The van der Waals surface area contributed by atoms with Gasteiger partial charge in [-0.1, -0.05) is 12.1 Å². The number of carbonyl (C=O) groups excluding carboxylic acids is 1. The normalized spacial score (nSPS) is 13.9. The largest absolute Gasteiger partial charge is 0.497 e. The number of ether oxygens (including phenoxy) is 1. The molecule has 1 aromatic carbocycles. The summed E-state index contributed by atoms with van der Waals surface area (Å²) in [6.45, 7) is 0. The lowest BCUT2D eigenvalue weighted by Gasteiger charge is -2.06. The molecule has 2 aromatic rings. The molecule has 1 amide bonds. The molecular weight excluding hydrogens is 296 g/mol. The van der Waals surface area contributed by atoms with Crippen LogP contribution < -0.4 is 10.1 Å². The Morgan fingerprint density at radius 3 is 2.77 bits per heavy atom. The Kier molecular flexibility index (Phi) is 4.53. The van der Waals surface area contributed by atoms with Gasteiger partial charge in [0.2, 0.25) is 5.91 Å². The van der Waals surface area contributed by atoms with E-state index in [0.29, 0.717) is 5.13 Å². The van der Waals surface area contributed by atoms with Crippen LogP contribution in [0.5, 0.6) is 5.75 Å². The Balaban J connectivity index is 1.61. The number of thiazole rings is 1. The van der Waals surface area contributed by atoms with Crippen molar-refractivity contribution in [3.63, 3.8) is 0 Å². The third-order valence-corrected chi connectivity index (χ3v) is 4.69. The highest BCUT2D eigenvalue weighted by molar-refractivity contribution is 7.15. The minimum Gasteiger partial charge on any atom is -0.497 e. The van der Waals surface area contributed by atoms with Crippen LogP contribution in [0.1, 0.15) is 29.0 Å². The van der Waals surface area contributed by atoms with E-state index in [4.69, 9.17) is 4.74 Å². The number of nitrogens with one attached hydrogen (secondary N) is 1. The molecule has 114 valence electrons. The summed E-state index contributed by atoms with van der Waals surface area (Å²) in [5.74, 6) is 0.650.